The third kappa shape index (κ3) is 6.17. The molecule has 0 aromatic heterocycles. The predicted molar refractivity (Wildman–Crippen MR) is 56.0 cm³/mol. The summed E-state index contributed by atoms with van der Waals surface area (Å²) >= 11 is 0. The summed E-state index contributed by atoms with van der Waals surface area (Å²) < 4.78 is 0. The summed E-state index contributed by atoms with van der Waals surface area (Å²) in [6.07, 6.45) is 7.14. The molecule has 0 aliphatic heterocycles. The minimum absolute atomic E-state index is 0.179. The van der Waals surface area contributed by atoms with Crippen molar-refractivity contribution < 1.29 is 0 Å². The van der Waals surface area contributed by atoms with Gasteiger partial charge in [-0.15, -0.1) is 6.58 Å². The molecule has 0 saturated carbocycles. The van der Waals surface area contributed by atoms with Gasteiger partial charge in [0.1, 0.15) is 0 Å². The zero-order valence-corrected chi connectivity index (χ0v) is 8.72. The van der Waals surface area contributed by atoms with Crippen LogP contribution in [0.5, 0.6) is 0 Å². The van der Waals surface area contributed by atoms with Crippen molar-refractivity contribution in [2.24, 2.45) is 11.1 Å². The van der Waals surface area contributed by atoms with Gasteiger partial charge >= 0.3 is 0 Å². The molecule has 0 atom stereocenters. The van der Waals surface area contributed by atoms with Gasteiger partial charge in [0, 0.05) is 5.54 Å². The third-order valence-corrected chi connectivity index (χ3v) is 1.63. The number of allylic oxidation sites excluding steroid dienone is 2. The van der Waals surface area contributed by atoms with E-state index >= 15 is 0 Å². The van der Waals surface area contributed by atoms with Crippen molar-refractivity contribution >= 4 is 0 Å². The molecular formula is C11H21N. The summed E-state index contributed by atoms with van der Waals surface area (Å²) in [5.74, 6) is 0. The smallest absolute Gasteiger partial charge is 0.0281 e. The van der Waals surface area contributed by atoms with Crippen LogP contribution in [0.2, 0.25) is 0 Å². The largest absolute Gasteiger partial charge is 0.322 e. The van der Waals surface area contributed by atoms with Gasteiger partial charge in [0.25, 0.3) is 0 Å². The molecule has 0 rings (SSSR count). The molecule has 0 amide bonds. The molecular weight excluding hydrogens is 146 g/mol. The van der Waals surface area contributed by atoms with Gasteiger partial charge in [-0.05, 0) is 25.7 Å². The van der Waals surface area contributed by atoms with Crippen LogP contribution in [0.3, 0.4) is 0 Å². The van der Waals surface area contributed by atoms with E-state index in [0.717, 1.165) is 6.42 Å². The second-order valence-electron chi connectivity index (χ2n) is 4.64. The highest BCUT2D eigenvalue weighted by Gasteiger charge is 2.13. The Morgan fingerprint density at radius 1 is 1.17 bits per heavy atom. The first-order valence-electron chi connectivity index (χ1n) is 4.37. The van der Waals surface area contributed by atoms with Crippen LogP contribution in [-0.2, 0) is 0 Å². The first-order valence-corrected chi connectivity index (χ1v) is 4.37. The first kappa shape index (κ1) is 11.4. The minimum atomic E-state index is -0.210. The molecule has 1 heteroatoms. The van der Waals surface area contributed by atoms with Crippen LogP contribution in [0.4, 0.5) is 0 Å². The molecule has 0 radical (unpaired) electrons. The van der Waals surface area contributed by atoms with E-state index in [9.17, 15) is 0 Å². The van der Waals surface area contributed by atoms with Gasteiger partial charge < -0.3 is 5.73 Å². The van der Waals surface area contributed by atoms with Crippen LogP contribution in [0.1, 0.15) is 34.1 Å². The summed E-state index contributed by atoms with van der Waals surface area (Å²) in [5.41, 5.74) is 5.80. The summed E-state index contributed by atoms with van der Waals surface area (Å²) in [4.78, 5) is 0. The van der Waals surface area contributed by atoms with Gasteiger partial charge in [-0.25, -0.2) is 0 Å². The van der Waals surface area contributed by atoms with Crippen molar-refractivity contribution in [2.45, 2.75) is 39.7 Å². The lowest BCUT2D eigenvalue weighted by atomic mass is 9.87. The Morgan fingerprint density at radius 2 is 1.67 bits per heavy atom. The molecule has 0 bridgehead atoms. The molecule has 0 aromatic carbocycles. The van der Waals surface area contributed by atoms with E-state index in [2.05, 4.69) is 32.6 Å². The van der Waals surface area contributed by atoms with Crippen LogP contribution in [-0.4, -0.2) is 5.54 Å². The van der Waals surface area contributed by atoms with E-state index in [4.69, 9.17) is 5.73 Å². The van der Waals surface area contributed by atoms with Crippen LogP contribution in [0.15, 0.2) is 24.8 Å². The summed E-state index contributed by atoms with van der Waals surface area (Å²) in [6, 6.07) is 0. The van der Waals surface area contributed by atoms with Gasteiger partial charge in [-0.2, -0.15) is 0 Å². The Labute approximate surface area is 76.3 Å². The summed E-state index contributed by atoms with van der Waals surface area (Å²) in [7, 11) is 0. The molecule has 0 saturated heterocycles. The molecule has 0 aliphatic carbocycles. The molecule has 1 nitrogen and oxygen atoms in total. The van der Waals surface area contributed by atoms with Crippen LogP contribution in [0, 0.1) is 5.41 Å². The summed E-state index contributed by atoms with van der Waals surface area (Å²) in [5, 5.41) is 0. The number of rotatable bonds is 4. The number of hydrogen-bond acceptors (Lipinski definition) is 1. The number of nitrogens with two attached hydrogens (primary N) is 1. The van der Waals surface area contributed by atoms with E-state index in [1.54, 1.807) is 0 Å². The molecule has 0 aromatic rings. The van der Waals surface area contributed by atoms with Crippen LogP contribution < -0.4 is 5.73 Å². The highest BCUT2D eigenvalue weighted by molar-refractivity contribution is 5.05. The number of hydrogen-bond donors (Lipinski definition) is 1. The van der Waals surface area contributed by atoms with Crippen molar-refractivity contribution in [3.8, 4) is 0 Å². The van der Waals surface area contributed by atoms with Crippen molar-refractivity contribution in [3.63, 3.8) is 0 Å². The average Bonchev–Trinajstić information content (AvgIpc) is 1.83. The maximum Gasteiger partial charge on any atom is 0.0281 e. The fraction of sp³-hybridized carbons (Fsp3) is 0.636. The lowest BCUT2D eigenvalue weighted by molar-refractivity contribution is 0.481. The van der Waals surface area contributed by atoms with Crippen molar-refractivity contribution in [1.29, 1.82) is 0 Å². The molecule has 12 heavy (non-hydrogen) atoms. The lowest BCUT2D eigenvalue weighted by Crippen LogP contribution is -2.29. The Hall–Kier alpha value is -0.560. The fourth-order valence-electron chi connectivity index (χ4n) is 0.880. The molecule has 0 fully saturated rings. The van der Waals surface area contributed by atoms with Gasteiger partial charge in [-0.3, -0.25) is 0 Å². The molecule has 0 heterocycles. The Balaban J connectivity index is 4.22. The van der Waals surface area contributed by atoms with E-state index in [1.165, 1.54) is 0 Å². The fourth-order valence-corrected chi connectivity index (χ4v) is 0.880. The third-order valence-electron chi connectivity index (χ3n) is 1.63. The molecule has 0 aliphatic rings. The van der Waals surface area contributed by atoms with E-state index < -0.39 is 0 Å². The quantitative estimate of drug-likeness (QED) is 0.640. The SMILES string of the molecule is C=CCC(C)(C)C=CC(C)(C)N. The van der Waals surface area contributed by atoms with E-state index in [1.807, 2.05) is 19.9 Å². The van der Waals surface area contributed by atoms with Crippen LogP contribution >= 0.6 is 0 Å². The highest BCUT2D eigenvalue weighted by Crippen LogP contribution is 2.23. The monoisotopic (exact) mass is 167 g/mol. The van der Waals surface area contributed by atoms with Gasteiger partial charge in [-0.1, -0.05) is 32.1 Å². The van der Waals surface area contributed by atoms with Crippen molar-refractivity contribution in [3.05, 3.63) is 24.8 Å². The molecule has 70 valence electrons. The minimum Gasteiger partial charge on any atom is -0.322 e. The first-order chi connectivity index (χ1) is 5.27. The van der Waals surface area contributed by atoms with E-state index in [-0.39, 0.29) is 11.0 Å². The zero-order chi connectivity index (χ0) is 9.83. The topological polar surface area (TPSA) is 26.0 Å². The normalized spacial score (nSPS) is 13.8. The van der Waals surface area contributed by atoms with Gasteiger partial charge in [0.05, 0.1) is 0 Å². The molecule has 0 spiro atoms. The highest BCUT2D eigenvalue weighted by atomic mass is 14.7. The predicted octanol–water partition coefficient (Wildman–Crippen LogP) is 2.88. The maximum absolute atomic E-state index is 5.83. The second-order valence-corrected chi connectivity index (χ2v) is 4.64. The van der Waals surface area contributed by atoms with E-state index in [0.29, 0.717) is 0 Å². The Kier molecular flexibility index (Phi) is 3.72. The standard InChI is InChI=1S/C11H21N/c1-6-7-10(2,3)8-9-11(4,5)12/h6,8-9H,1,7,12H2,2-5H3. The molecule has 0 unspecified atom stereocenters. The van der Waals surface area contributed by atoms with Crippen molar-refractivity contribution in [2.75, 3.05) is 0 Å². The zero-order valence-electron chi connectivity index (χ0n) is 8.72. The Bertz CT molecular complexity index is 170. The lowest BCUT2D eigenvalue weighted by Gasteiger charge is -2.20. The van der Waals surface area contributed by atoms with Crippen molar-refractivity contribution in [1.82, 2.24) is 0 Å². The average molecular weight is 167 g/mol. The maximum atomic E-state index is 5.83. The van der Waals surface area contributed by atoms with Gasteiger partial charge in [0.2, 0.25) is 0 Å². The van der Waals surface area contributed by atoms with Gasteiger partial charge in [0.15, 0.2) is 0 Å². The Morgan fingerprint density at radius 3 is 2.00 bits per heavy atom. The second kappa shape index (κ2) is 3.90. The summed E-state index contributed by atoms with van der Waals surface area (Å²) in [6.45, 7) is 12.1. The molecule has 2 N–H and O–H groups in total. The van der Waals surface area contributed by atoms with Crippen LogP contribution in [0.25, 0.3) is 0 Å².